The van der Waals surface area contributed by atoms with Crippen molar-refractivity contribution in [2.24, 2.45) is 5.84 Å². The van der Waals surface area contributed by atoms with Crippen LogP contribution in [0, 0.1) is 18.6 Å². The molecule has 0 radical (unpaired) electrons. The number of benzene rings is 1. The topological polar surface area (TPSA) is 77.5 Å². The molecule has 20 heavy (non-hydrogen) atoms. The van der Waals surface area contributed by atoms with Crippen LogP contribution in [0.2, 0.25) is 0 Å². The van der Waals surface area contributed by atoms with Crippen molar-refractivity contribution in [2.45, 2.75) is 13.5 Å². The summed E-state index contributed by atoms with van der Waals surface area (Å²) < 4.78 is 36.7. The predicted octanol–water partition coefficient (Wildman–Crippen LogP) is 2.05. The molecule has 1 heterocycles. The Labute approximate surface area is 113 Å². The number of halogens is 2. The molecule has 7 heteroatoms. The number of amides is 1. The second kappa shape index (κ2) is 5.70. The van der Waals surface area contributed by atoms with E-state index in [-0.39, 0.29) is 17.9 Å². The molecule has 0 bridgehead atoms. The molecule has 0 saturated carbocycles. The first-order valence-corrected chi connectivity index (χ1v) is 5.70. The molecule has 2 rings (SSSR count). The highest BCUT2D eigenvalue weighted by Crippen LogP contribution is 2.21. The van der Waals surface area contributed by atoms with Crippen molar-refractivity contribution in [3.05, 3.63) is 53.0 Å². The number of nitrogen functional groups attached to an aromatic ring is 1. The minimum Gasteiger partial charge on any atom is -0.482 e. The molecule has 3 N–H and O–H groups in total. The zero-order valence-electron chi connectivity index (χ0n) is 10.6. The number of nitrogens with two attached hydrogens (primary N) is 1. The largest absolute Gasteiger partial charge is 0.482 e. The van der Waals surface area contributed by atoms with Crippen LogP contribution >= 0.6 is 0 Å². The Morgan fingerprint density at radius 2 is 2.20 bits per heavy atom. The van der Waals surface area contributed by atoms with E-state index in [1.54, 1.807) is 6.92 Å². The van der Waals surface area contributed by atoms with Gasteiger partial charge in [0.1, 0.15) is 18.1 Å². The molecule has 0 spiro atoms. The zero-order chi connectivity index (χ0) is 14.7. The van der Waals surface area contributed by atoms with Crippen molar-refractivity contribution in [1.29, 1.82) is 0 Å². The maximum atomic E-state index is 13.4. The van der Waals surface area contributed by atoms with Gasteiger partial charge in [0, 0.05) is 0 Å². The number of ether oxygens (including phenoxy) is 1. The van der Waals surface area contributed by atoms with E-state index < -0.39 is 17.5 Å². The van der Waals surface area contributed by atoms with E-state index >= 15 is 0 Å². The number of furan rings is 1. The summed E-state index contributed by atoms with van der Waals surface area (Å²) in [6.45, 7) is 1.44. The van der Waals surface area contributed by atoms with E-state index in [1.807, 2.05) is 5.43 Å². The number of aryl methyl sites for hydroxylation is 1. The van der Waals surface area contributed by atoms with E-state index in [0.717, 1.165) is 6.07 Å². The third-order valence-corrected chi connectivity index (χ3v) is 2.63. The molecule has 1 amide bonds. The van der Waals surface area contributed by atoms with E-state index in [1.165, 1.54) is 18.2 Å². The number of carbonyl (C=O) groups excluding carboxylic acids is 1. The van der Waals surface area contributed by atoms with Gasteiger partial charge >= 0.3 is 0 Å². The van der Waals surface area contributed by atoms with Gasteiger partial charge in [-0.05, 0) is 25.1 Å². The van der Waals surface area contributed by atoms with Gasteiger partial charge in [-0.1, -0.05) is 6.07 Å². The van der Waals surface area contributed by atoms with Gasteiger partial charge in [-0.15, -0.1) is 0 Å². The Kier molecular flexibility index (Phi) is 3.99. The van der Waals surface area contributed by atoms with Crippen molar-refractivity contribution >= 4 is 5.91 Å². The van der Waals surface area contributed by atoms with Crippen LogP contribution in [0.1, 0.15) is 21.9 Å². The van der Waals surface area contributed by atoms with Gasteiger partial charge in [0.2, 0.25) is 5.82 Å². The Morgan fingerprint density at radius 3 is 2.90 bits per heavy atom. The van der Waals surface area contributed by atoms with Crippen molar-refractivity contribution in [1.82, 2.24) is 5.43 Å². The summed E-state index contributed by atoms with van der Waals surface area (Å²) in [5.41, 5.74) is 2.23. The molecule has 0 atom stereocenters. The maximum absolute atomic E-state index is 13.4. The smallest absolute Gasteiger partial charge is 0.268 e. The normalized spacial score (nSPS) is 10.4. The van der Waals surface area contributed by atoms with Gasteiger partial charge < -0.3 is 9.15 Å². The number of hydrogen-bond acceptors (Lipinski definition) is 4. The number of rotatable bonds is 4. The molecular formula is C13H12F2N2O3. The van der Waals surface area contributed by atoms with Crippen molar-refractivity contribution < 1.29 is 22.7 Å². The lowest BCUT2D eigenvalue weighted by Gasteiger charge is -2.05. The van der Waals surface area contributed by atoms with Crippen LogP contribution in [0.5, 0.6) is 5.75 Å². The fraction of sp³-hybridized carbons (Fsp3) is 0.154. The number of hydrazine groups is 1. The van der Waals surface area contributed by atoms with Gasteiger partial charge in [-0.2, -0.15) is 4.39 Å². The van der Waals surface area contributed by atoms with Crippen LogP contribution in [0.15, 0.2) is 28.7 Å². The summed E-state index contributed by atoms with van der Waals surface area (Å²) in [7, 11) is 0. The highest BCUT2D eigenvalue weighted by atomic mass is 19.2. The Balaban J connectivity index is 2.12. The fourth-order valence-electron chi connectivity index (χ4n) is 1.66. The van der Waals surface area contributed by atoms with Crippen molar-refractivity contribution in [3.8, 4) is 5.75 Å². The van der Waals surface area contributed by atoms with Crippen molar-refractivity contribution in [3.63, 3.8) is 0 Å². The summed E-state index contributed by atoms with van der Waals surface area (Å²) in [4.78, 5) is 11.4. The summed E-state index contributed by atoms with van der Waals surface area (Å²) in [6, 6.07) is 5.04. The average molecular weight is 282 g/mol. The highest BCUT2D eigenvalue weighted by Gasteiger charge is 2.15. The highest BCUT2D eigenvalue weighted by molar-refractivity contribution is 5.94. The van der Waals surface area contributed by atoms with Crippen LogP contribution in [0.25, 0.3) is 0 Å². The third kappa shape index (κ3) is 2.77. The van der Waals surface area contributed by atoms with Gasteiger partial charge in [0.15, 0.2) is 11.6 Å². The monoisotopic (exact) mass is 282 g/mol. The van der Waals surface area contributed by atoms with Gasteiger partial charge in [-0.3, -0.25) is 10.2 Å². The molecule has 5 nitrogen and oxygen atoms in total. The minimum absolute atomic E-state index is 0.140. The fourth-order valence-corrected chi connectivity index (χ4v) is 1.66. The first-order valence-electron chi connectivity index (χ1n) is 5.70. The standard InChI is InChI=1S/C13H12F2N2O3/c1-7-9(13(18)17-16)5-8(20-7)6-19-11-4-2-3-10(14)12(11)15/h2-5H,6,16H2,1H3,(H,17,18). The molecule has 0 saturated heterocycles. The van der Waals surface area contributed by atoms with Crippen LogP contribution in [-0.4, -0.2) is 5.91 Å². The van der Waals surface area contributed by atoms with Crippen LogP contribution in [0.3, 0.4) is 0 Å². The second-order valence-corrected chi connectivity index (χ2v) is 4.00. The first kappa shape index (κ1) is 14.0. The van der Waals surface area contributed by atoms with Crippen molar-refractivity contribution in [2.75, 3.05) is 0 Å². The Bertz CT molecular complexity index is 641. The Morgan fingerprint density at radius 1 is 1.45 bits per heavy atom. The Hall–Kier alpha value is -2.41. The second-order valence-electron chi connectivity index (χ2n) is 4.00. The lowest BCUT2D eigenvalue weighted by atomic mass is 10.2. The molecule has 0 unspecified atom stereocenters. The first-order chi connectivity index (χ1) is 9.52. The van der Waals surface area contributed by atoms with Gasteiger partial charge in [0.05, 0.1) is 5.56 Å². The van der Waals surface area contributed by atoms with Crippen LogP contribution < -0.4 is 16.0 Å². The minimum atomic E-state index is -1.07. The summed E-state index contributed by atoms with van der Waals surface area (Å²) in [5.74, 6) is 2.86. The summed E-state index contributed by atoms with van der Waals surface area (Å²) in [6.07, 6.45) is 0. The molecule has 106 valence electrons. The van der Waals surface area contributed by atoms with E-state index in [0.29, 0.717) is 11.5 Å². The average Bonchev–Trinajstić information content (AvgIpc) is 2.81. The number of nitrogens with one attached hydrogen (secondary N) is 1. The maximum Gasteiger partial charge on any atom is 0.268 e. The van der Waals surface area contributed by atoms with Crippen LogP contribution in [-0.2, 0) is 6.61 Å². The lowest BCUT2D eigenvalue weighted by Crippen LogP contribution is -2.30. The number of carbonyl (C=O) groups is 1. The predicted molar refractivity (Wildman–Crippen MR) is 65.8 cm³/mol. The number of hydrogen-bond donors (Lipinski definition) is 2. The van der Waals surface area contributed by atoms with E-state index in [4.69, 9.17) is 15.0 Å². The van der Waals surface area contributed by atoms with E-state index in [9.17, 15) is 13.6 Å². The lowest BCUT2D eigenvalue weighted by molar-refractivity contribution is 0.0952. The molecule has 0 fully saturated rings. The molecular weight excluding hydrogens is 270 g/mol. The zero-order valence-corrected chi connectivity index (χ0v) is 10.6. The summed E-state index contributed by atoms with van der Waals surface area (Å²) >= 11 is 0. The molecule has 0 aliphatic rings. The van der Waals surface area contributed by atoms with Gasteiger partial charge in [-0.25, -0.2) is 10.2 Å². The van der Waals surface area contributed by atoms with E-state index in [2.05, 4.69) is 0 Å². The quantitative estimate of drug-likeness (QED) is 0.511. The third-order valence-electron chi connectivity index (χ3n) is 2.63. The molecule has 1 aromatic carbocycles. The van der Waals surface area contributed by atoms with Crippen LogP contribution in [0.4, 0.5) is 8.78 Å². The summed E-state index contributed by atoms with van der Waals surface area (Å²) in [5, 5.41) is 0. The SMILES string of the molecule is Cc1oc(COc2cccc(F)c2F)cc1C(=O)NN. The molecule has 2 aromatic rings. The molecule has 0 aliphatic heterocycles. The van der Waals surface area contributed by atoms with Gasteiger partial charge in [0.25, 0.3) is 5.91 Å². The molecule has 0 aliphatic carbocycles. The molecule has 1 aromatic heterocycles.